The lowest BCUT2D eigenvalue weighted by atomic mass is 9.88. The number of halogens is 1. The Morgan fingerprint density at radius 1 is 0.939 bits per heavy atom. The van der Waals surface area contributed by atoms with Crippen LogP contribution in [0.3, 0.4) is 0 Å². The lowest BCUT2D eigenvalue weighted by Gasteiger charge is -2.27. The molecule has 0 saturated heterocycles. The molecule has 0 aliphatic carbocycles. The number of rotatable bonds is 7. The highest BCUT2D eigenvalue weighted by Gasteiger charge is 2.34. The minimum atomic E-state index is -0.905. The van der Waals surface area contributed by atoms with Crippen LogP contribution in [0.2, 0.25) is 0 Å². The molecule has 0 N–H and O–H groups in total. The van der Waals surface area contributed by atoms with Gasteiger partial charge < -0.3 is 4.74 Å². The Morgan fingerprint density at radius 3 is 1.94 bits per heavy atom. The van der Waals surface area contributed by atoms with E-state index < -0.39 is 23.5 Å². The molecule has 0 aromatic heterocycles. The third-order valence-electron chi connectivity index (χ3n) is 5.01. The minimum Gasteiger partial charge on any atom is -0.458 e. The summed E-state index contributed by atoms with van der Waals surface area (Å²) in [5.41, 5.74) is 2.62. The van der Waals surface area contributed by atoms with Crippen LogP contribution >= 0.6 is 15.9 Å². The van der Waals surface area contributed by atoms with Crippen molar-refractivity contribution in [1.82, 2.24) is 0 Å². The molecule has 4 nitrogen and oxygen atoms in total. The lowest BCUT2D eigenvalue weighted by Crippen LogP contribution is -2.35. The van der Waals surface area contributed by atoms with E-state index in [2.05, 4.69) is 22.0 Å². The van der Waals surface area contributed by atoms with E-state index in [0.29, 0.717) is 5.71 Å². The summed E-state index contributed by atoms with van der Waals surface area (Å²) in [4.78, 5) is 18.5. The van der Waals surface area contributed by atoms with Gasteiger partial charge in [-0.3, -0.25) is 4.99 Å². The molecule has 0 heterocycles. The molecule has 168 valence electrons. The Labute approximate surface area is 204 Å². The third kappa shape index (κ3) is 6.63. The van der Waals surface area contributed by atoms with Gasteiger partial charge in [0.15, 0.2) is 6.04 Å². The van der Waals surface area contributed by atoms with Crippen LogP contribution in [0.5, 0.6) is 0 Å². The van der Waals surface area contributed by atoms with Gasteiger partial charge in [0, 0.05) is 27.9 Å². The molecule has 33 heavy (non-hydrogen) atoms. The van der Waals surface area contributed by atoms with Crippen LogP contribution in [0, 0.1) is 11.3 Å². The number of aliphatic imine (C=N–C) groups is 1. The van der Waals surface area contributed by atoms with E-state index in [4.69, 9.17) is 9.73 Å². The second kappa shape index (κ2) is 11.1. The standard InChI is InChI=1S/C28H27BrN2O2/c1-28(2,3)33-27(32)26(23(18-19-30)22-16-10-11-17-24(22)29)31-25(20-12-6-4-7-13-20)21-14-8-5-9-15-21/h4-17,23,26H,18H2,1-3H3/t23-,26+/m1/s1. The van der Waals surface area contributed by atoms with Gasteiger partial charge in [-0.25, -0.2) is 4.79 Å². The second-order valence-corrected chi connectivity index (χ2v) is 9.53. The molecular formula is C28H27BrN2O2. The van der Waals surface area contributed by atoms with Gasteiger partial charge >= 0.3 is 5.97 Å². The van der Waals surface area contributed by atoms with Gasteiger partial charge in [-0.05, 0) is 32.4 Å². The second-order valence-electron chi connectivity index (χ2n) is 8.68. The normalized spacial score (nSPS) is 12.8. The number of carbonyl (C=O) groups excluding carboxylic acids is 1. The number of nitriles is 1. The fourth-order valence-corrected chi connectivity index (χ4v) is 4.16. The molecule has 0 spiro atoms. The van der Waals surface area contributed by atoms with E-state index in [-0.39, 0.29) is 6.42 Å². The number of hydrogen-bond acceptors (Lipinski definition) is 4. The van der Waals surface area contributed by atoms with E-state index >= 15 is 0 Å². The highest BCUT2D eigenvalue weighted by Crippen LogP contribution is 2.33. The monoisotopic (exact) mass is 502 g/mol. The van der Waals surface area contributed by atoms with Gasteiger partial charge in [-0.15, -0.1) is 0 Å². The maximum absolute atomic E-state index is 13.5. The Kier molecular flexibility index (Phi) is 8.19. The molecule has 0 aliphatic heterocycles. The van der Waals surface area contributed by atoms with Crippen molar-refractivity contribution < 1.29 is 9.53 Å². The average Bonchev–Trinajstić information content (AvgIpc) is 2.79. The largest absolute Gasteiger partial charge is 0.458 e. The molecule has 3 aromatic rings. The van der Waals surface area contributed by atoms with Gasteiger partial charge in [0.2, 0.25) is 0 Å². The van der Waals surface area contributed by atoms with Gasteiger partial charge in [0.25, 0.3) is 0 Å². The summed E-state index contributed by atoms with van der Waals surface area (Å²) in [5.74, 6) is -0.939. The summed E-state index contributed by atoms with van der Waals surface area (Å²) in [6.45, 7) is 5.50. The number of nitrogens with zero attached hydrogens (tertiary/aromatic N) is 2. The molecule has 0 bridgehead atoms. The van der Waals surface area contributed by atoms with Crippen LogP contribution < -0.4 is 0 Å². The summed E-state index contributed by atoms with van der Waals surface area (Å²) < 4.78 is 6.62. The highest BCUT2D eigenvalue weighted by atomic mass is 79.9. The fraction of sp³-hybridized carbons (Fsp3) is 0.250. The average molecular weight is 503 g/mol. The molecule has 0 amide bonds. The first-order valence-electron chi connectivity index (χ1n) is 10.8. The van der Waals surface area contributed by atoms with Crippen molar-refractivity contribution in [1.29, 1.82) is 5.26 Å². The van der Waals surface area contributed by atoms with E-state index in [9.17, 15) is 10.1 Å². The predicted molar refractivity (Wildman–Crippen MR) is 135 cm³/mol. The van der Waals surface area contributed by atoms with Crippen LogP contribution in [0.1, 0.15) is 49.8 Å². The van der Waals surface area contributed by atoms with Crippen molar-refractivity contribution in [2.24, 2.45) is 4.99 Å². The predicted octanol–water partition coefficient (Wildman–Crippen LogP) is 6.69. The van der Waals surface area contributed by atoms with Gasteiger partial charge in [0.1, 0.15) is 5.60 Å². The van der Waals surface area contributed by atoms with Crippen LogP contribution in [-0.2, 0) is 9.53 Å². The SMILES string of the molecule is CC(C)(C)OC(=O)[C@@H](N=C(c1ccccc1)c1ccccc1)[C@H](CC#N)c1ccccc1Br. The molecule has 2 atom stereocenters. The summed E-state index contributed by atoms with van der Waals surface area (Å²) in [5, 5.41) is 9.65. The van der Waals surface area contributed by atoms with E-state index in [1.54, 1.807) is 0 Å². The van der Waals surface area contributed by atoms with Crippen LogP contribution in [0.25, 0.3) is 0 Å². The Morgan fingerprint density at radius 2 is 1.45 bits per heavy atom. The number of carbonyl (C=O) groups is 1. The Bertz CT molecular complexity index is 1100. The maximum atomic E-state index is 13.5. The van der Waals surface area contributed by atoms with Gasteiger partial charge in [-0.1, -0.05) is 94.8 Å². The molecule has 0 fully saturated rings. The van der Waals surface area contributed by atoms with Crippen molar-refractivity contribution >= 4 is 27.6 Å². The Balaban J connectivity index is 2.22. The van der Waals surface area contributed by atoms with E-state index in [0.717, 1.165) is 21.2 Å². The van der Waals surface area contributed by atoms with Crippen molar-refractivity contribution in [3.05, 3.63) is 106 Å². The van der Waals surface area contributed by atoms with Crippen molar-refractivity contribution in [3.8, 4) is 6.07 Å². The molecule has 0 radical (unpaired) electrons. The first kappa shape index (κ1) is 24.4. The van der Waals surface area contributed by atoms with Crippen molar-refractivity contribution in [2.45, 2.75) is 44.8 Å². The van der Waals surface area contributed by atoms with Crippen LogP contribution in [0.15, 0.2) is 94.4 Å². The smallest absolute Gasteiger partial charge is 0.332 e. The highest BCUT2D eigenvalue weighted by molar-refractivity contribution is 9.10. The maximum Gasteiger partial charge on any atom is 0.332 e. The number of hydrogen-bond donors (Lipinski definition) is 0. The van der Waals surface area contributed by atoms with Gasteiger partial charge in [0.05, 0.1) is 11.8 Å². The first-order chi connectivity index (χ1) is 15.8. The number of benzene rings is 3. The first-order valence-corrected chi connectivity index (χ1v) is 11.6. The molecule has 0 unspecified atom stereocenters. The fourth-order valence-electron chi connectivity index (χ4n) is 3.58. The molecule has 0 saturated carbocycles. The van der Waals surface area contributed by atoms with Crippen molar-refractivity contribution in [3.63, 3.8) is 0 Å². The number of esters is 1. The van der Waals surface area contributed by atoms with Crippen LogP contribution in [-0.4, -0.2) is 23.3 Å². The molecule has 0 aliphatic rings. The summed E-state index contributed by atoms with van der Waals surface area (Å²) in [6.07, 6.45) is 0.118. The molecule has 3 aromatic carbocycles. The van der Waals surface area contributed by atoms with E-state index in [1.165, 1.54) is 0 Å². The topological polar surface area (TPSA) is 62.4 Å². The zero-order valence-electron chi connectivity index (χ0n) is 19.0. The Hall–Kier alpha value is -3.23. The number of ether oxygens (including phenoxy) is 1. The molecular weight excluding hydrogens is 476 g/mol. The molecule has 5 heteroatoms. The van der Waals surface area contributed by atoms with Crippen molar-refractivity contribution in [2.75, 3.05) is 0 Å². The summed E-state index contributed by atoms with van der Waals surface area (Å²) >= 11 is 3.59. The summed E-state index contributed by atoms with van der Waals surface area (Å²) in [7, 11) is 0. The quantitative estimate of drug-likeness (QED) is 0.267. The lowest BCUT2D eigenvalue weighted by molar-refractivity contribution is -0.156. The summed E-state index contributed by atoms with van der Waals surface area (Å²) in [6, 6.07) is 28.5. The minimum absolute atomic E-state index is 0.118. The van der Waals surface area contributed by atoms with Gasteiger partial charge in [-0.2, -0.15) is 5.26 Å². The zero-order valence-corrected chi connectivity index (χ0v) is 20.6. The third-order valence-corrected chi connectivity index (χ3v) is 5.73. The zero-order chi connectivity index (χ0) is 23.8. The molecule has 3 rings (SSSR count). The van der Waals surface area contributed by atoms with Crippen LogP contribution in [0.4, 0.5) is 0 Å². The van der Waals surface area contributed by atoms with E-state index in [1.807, 2.05) is 106 Å².